The summed E-state index contributed by atoms with van der Waals surface area (Å²) in [5.41, 5.74) is 0. The van der Waals surface area contributed by atoms with Crippen LogP contribution in [-0.4, -0.2) is 40.7 Å². The number of aryl methyl sites for hydroxylation is 1. The van der Waals surface area contributed by atoms with E-state index >= 15 is 0 Å². The van der Waals surface area contributed by atoms with Gasteiger partial charge in [0.15, 0.2) is 9.84 Å². The summed E-state index contributed by atoms with van der Waals surface area (Å²) in [4.78, 5) is 4.12. The average Bonchev–Trinajstić information content (AvgIpc) is 2.81. The molecule has 1 fully saturated rings. The fraction of sp³-hybridized carbons (Fsp3) is 0.778. The maximum atomic E-state index is 11.3. The van der Waals surface area contributed by atoms with Crippen molar-refractivity contribution in [1.29, 1.82) is 0 Å². The number of hydrogen-bond acceptors (Lipinski definition) is 5. The van der Waals surface area contributed by atoms with Gasteiger partial charge in [0.1, 0.15) is 12.2 Å². The normalized spacial score (nSPS) is 23.7. The molecule has 1 N–H and O–H groups in total. The van der Waals surface area contributed by atoms with Crippen molar-refractivity contribution in [3.05, 3.63) is 12.2 Å². The highest BCUT2D eigenvalue weighted by molar-refractivity contribution is 7.91. The lowest BCUT2D eigenvalue weighted by molar-refractivity contribution is 0.514. The van der Waals surface area contributed by atoms with Crippen LogP contribution in [0.4, 0.5) is 0 Å². The molecule has 1 unspecified atom stereocenters. The van der Waals surface area contributed by atoms with Gasteiger partial charge < -0.3 is 5.32 Å². The largest absolute Gasteiger partial charge is 0.306 e. The maximum absolute atomic E-state index is 11.3. The molecule has 1 aliphatic rings. The Hall–Kier alpha value is -0.950. The SMILES string of the molecule is CCn1ncnc1CNC1CCS(=O)(=O)C1. The summed E-state index contributed by atoms with van der Waals surface area (Å²) in [6.45, 7) is 3.35. The Labute approximate surface area is 95.0 Å². The van der Waals surface area contributed by atoms with Crippen LogP contribution in [0.5, 0.6) is 0 Å². The minimum absolute atomic E-state index is 0.0620. The second-order valence-corrected chi connectivity index (χ2v) is 6.20. The molecule has 7 heteroatoms. The molecule has 2 heterocycles. The average molecular weight is 244 g/mol. The molecule has 0 saturated carbocycles. The molecule has 0 radical (unpaired) electrons. The molecule has 0 aliphatic carbocycles. The van der Waals surface area contributed by atoms with Crippen molar-refractivity contribution in [2.75, 3.05) is 11.5 Å². The zero-order valence-electron chi connectivity index (χ0n) is 9.26. The third kappa shape index (κ3) is 2.59. The summed E-state index contributed by atoms with van der Waals surface area (Å²) in [5.74, 6) is 1.39. The molecule has 0 amide bonds. The van der Waals surface area contributed by atoms with Gasteiger partial charge in [0.05, 0.1) is 18.1 Å². The van der Waals surface area contributed by atoms with E-state index in [1.807, 2.05) is 6.92 Å². The highest BCUT2D eigenvalue weighted by Crippen LogP contribution is 2.11. The molecule has 1 aliphatic heterocycles. The Kier molecular flexibility index (Phi) is 3.25. The highest BCUT2D eigenvalue weighted by Gasteiger charge is 2.27. The Morgan fingerprint density at radius 2 is 2.44 bits per heavy atom. The number of aromatic nitrogens is 3. The van der Waals surface area contributed by atoms with E-state index in [0.717, 1.165) is 12.4 Å². The van der Waals surface area contributed by atoms with Gasteiger partial charge in [-0.15, -0.1) is 0 Å². The van der Waals surface area contributed by atoms with E-state index in [0.29, 0.717) is 18.7 Å². The number of nitrogens with zero attached hydrogens (tertiary/aromatic N) is 3. The third-order valence-electron chi connectivity index (χ3n) is 2.78. The topological polar surface area (TPSA) is 76.9 Å². The first kappa shape index (κ1) is 11.5. The van der Waals surface area contributed by atoms with E-state index in [4.69, 9.17) is 0 Å². The van der Waals surface area contributed by atoms with Crippen LogP contribution in [0.3, 0.4) is 0 Å². The molecule has 90 valence electrons. The zero-order chi connectivity index (χ0) is 11.6. The number of nitrogens with one attached hydrogen (secondary N) is 1. The fourth-order valence-electron chi connectivity index (χ4n) is 1.88. The molecule has 2 rings (SSSR count). The van der Waals surface area contributed by atoms with Gasteiger partial charge in [0, 0.05) is 12.6 Å². The van der Waals surface area contributed by atoms with Crippen molar-refractivity contribution in [3.63, 3.8) is 0 Å². The minimum Gasteiger partial charge on any atom is -0.306 e. The van der Waals surface area contributed by atoms with Crippen LogP contribution < -0.4 is 5.32 Å². The predicted molar refractivity (Wildman–Crippen MR) is 59.6 cm³/mol. The second-order valence-electron chi connectivity index (χ2n) is 3.97. The Bertz CT molecular complexity index is 454. The standard InChI is InChI=1S/C9H16N4O2S/c1-2-13-9(11-7-12-13)5-10-8-3-4-16(14,15)6-8/h7-8,10H,2-6H2,1H3. The van der Waals surface area contributed by atoms with E-state index < -0.39 is 9.84 Å². The lowest BCUT2D eigenvalue weighted by Gasteiger charge is -2.10. The van der Waals surface area contributed by atoms with Gasteiger partial charge in [-0.3, -0.25) is 0 Å². The summed E-state index contributed by atoms with van der Waals surface area (Å²) in [6.07, 6.45) is 2.22. The molecule has 1 aromatic rings. The summed E-state index contributed by atoms with van der Waals surface area (Å²) in [7, 11) is -2.81. The molecular weight excluding hydrogens is 228 g/mol. The van der Waals surface area contributed by atoms with Crippen LogP contribution in [0.15, 0.2) is 6.33 Å². The number of sulfone groups is 1. The van der Waals surface area contributed by atoms with Crippen molar-refractivity contribution in [2.45, 2.75) is 32.5 Å². The van der Waals surface area contributed by atoms with Crippen molar-refractivity contribution >= 4 is 9.84 Å². The third-order valence-corrected chi connectivity index (χ3v) is 4.54. The smallest absolute Gasteiger partial charge is 0.151 e. The first-order chi connectivity index (χ1) is 7.61. The van der Waals surface area contributed by atoms with Gasteiger partial charge in [0.25, 0.3) is 0 Å². The zero-order valence-corrected chi connectivity index (χ0v) is 10.1. The Morgan fingerprint density at radius 3 is 3.06 bits per heavy atom. The van der Waals surface area contributed by atoms with E-state index in [1.54, 1.807) is 4.68 Å². The second kappa shape index (κ2) is 4.50. The van der Waals surface area contributed by atoms with Gasteiger partial charge in [-0.2, -0.15) is 5.10 Å². The van der Waals surface area contributed by atoms with Crippen LogP contribution in [-0.2, 0) is 22.9 Å². The molecule has 1 atom stereocenters. The molecule has 16 heavy (non-hydrogen) atoms. The van der Waals surface area contributed by atoms with Crippen molar-refractivity contribution in [3.8, 4) is 0 Å². The predicted octanol–water partition coefficient (Wildman–Crippen LogP) is -0.425. The lowest BCUT2D eigenvalue weighted by atomic mass is 10.2. The highest BCUT2D eigenvalue weighted by atomic mass is 32.2. The quantitative estimate of drug-likeness (QED) is 0.778. The van der Waals surface area contributed by atoms with E-state index in [-0.39, 0.29) is 11.8 Å². The monoisotopic (exact) mass is 244 g/mol. The van der Waals surface area contributed by atoms with Crippen molar-refractivity contribution in [1.82, 2.24) is 20.1 Å². The van der Waals surface area contributed by atoms with Crippen molar-refractivity contribution < 1.29 is 8.42 Å². The Balaban J connectivity index is 1.89. The first-order valence-electron chi connectivity index (χ1n) is 5.41. The molecule has 1 saturated heterocycles. The Morgan fingerprint density at radius 1 is 1.62 bits per heavy atom. The molecule has 0 aromatic carbocycles. The maximum Gasteiger partial charge on any atom is 0.151 e. The number of rotatable bonds is 4. The summed E-state index contributed by atoms with van der Waals surface area (Å²) in [6, 6.07) is 0.0620. The van der Waals surface area contributed by atoms with Gasteiger partial charge in [-0.1, -0.05) is 0 Å². The van der Waals surface area contributed by atoms with Crippen LogP contribution >= 0.6 is 0 Å². The van der Waals surface area contributed by atoms with Gasteiger partial charge in [-0.25, -0.2) is 18.1 Å². The van der Waals surface area contributed by atoms with Gasteiger partial charge in [0.2, 0.25) is 0 Å². The van der Waals surface area contributed by atoms with E-state index in [2.05, 4.69) is 15.4 Å². The molecule has 0 bridgehead atoms. The van der Waals surface area contributed by atoms with E-state index in [9.17, 15) is 8.42 Å². The molecule has 1 aromatic heterocycles. The van der Waals surface area contributed by atoms with Crippen LogP contribution in [0.1, 0.15) is 19.2 Å². The minimum atomic E-state index is -2.81. The van der Waals surface area contributed by atoms with Crippen LogP contribution in [0, 0.1) is 0 Å². The molecule has 6 nitrogen and oxygen atoms in total. The van der Waals surface area contributed by atoms with Gasteiger partial charge >= 0.3 is 0 Å². The van der Waals surface area contributed by atoms with E-state index in [1.165, 1.54) is 6.33 Å². The lowest BCUT2D eigenvalue weighted by Crippen LogP contribution is -2.30. The number of hydrogen-bond donors (Lipinski definition) is 1. The first-order valence-corrected chi connectivity index (χ1v) is 7.23. The summed E-state index contributed by atoms with van der Waals surface area (Å²) < 4.78 is 24.3. The molecule has 0 spiro atoms. The van der Waals surface area contributed by atoms with Crippen molar-refractivity contribution in [2.24, 2.45) is 0 Å². The van der Waals surface area contributed by atoms with Crippen LogP contribution in [0.25, 0.3) is 0 Å². The fourth-order valence-corrected chi connectivity index (χ4v) is 3.59. The summed E-state index contributed by atoms with van der Waals surface area (Å²) in [5, 5.41) is 7.27. The summed E-state index contributed by atoms with van der Waals surface area (Å²) >= 11 is 0. The molecular formula is C9H16N4O2S. The van der Waals surface area contributed by atoms with Gasteiger partial charge in [-0.05, 0) is 13.3 Å². The van der Waals surface area contributed by atoms with Crippen LogP contribution in [0.2, 0.25) is 0 Å².